The molecule has 2 heterocycles. The van der Waals surface area contributed by atoms with Crippen molar-refractivity contribution in [2.45, 2.75) is 18.9 Å². The highest BCUT2D eigenvalue weighted by Gasteiger charge is 2.35. The summed E-state index contributed by atoms with van der Waals surface area (Å²) < 4.78 is 0. The summed E-state index contributed by atoms with van der Waals surface area (Å²) in [6, 6.07) is 8.08. The first-order chi connectivity index (χ1) is 6.86. The molecule has 1 aromatic rings. The van der Waals surface area contributed by atoms with Crippen molar-refractivity contribution in [3.63, 3.8) is 0 Å². The monoisotopic (exact) mass is 188 g/mol. The van der Waals surface area contributed by atoms with Crippen LogP contribution in [0.25, 0.3) is 0 Å². The number of hydrogen-bond acceptors (Lipinski definition) is 2. The van der Waals surface area contributed by atoms with Gasteiger partial charge in [-0.3, -0.25) is 4.79 Å². The lowest BCUT2D eigenvalue weighted by molar-refractivity contribution is -0.117. The highest BCUT2D eigenvalue weighted by molar-refractivity contribution is 6.03. The van der Waals surface area contributed by atoms with Crippen LogP contribution in [0.1, 0.15) is 12.8 Å². The molecule has 1 amide bonds. The Morgan fingerprint density at radius 3 is 3.14 bits per heavy atom. The predicted octanol–water partition coefficient (Wildman–Crippen LogP) is 1.61. The number of carbonyl (C=O) groups excluding carboxylic acids is 1. The molecule has 3 rings (SSSR count). The molecule has 1 saturated heterocycles. The van der Waals surface area contributed by atoms with Crippen molar-refractivity contribution in [3.05, 3.63) is 24.3 Å². The number of benzene rings is 1. The minimum atomic E-state index is 0.0740. The van der Waals surface area contributed by atoms with Crippen LogP contribution in [0.2, 0.25) is 0 Å². The summed E-state index contributed by atoms with van der Waals surface area (Å²) in [6.45, 7) is 1.01. The van der Waals surface area contributed by atoms with E-state index >= 15 is 0 Å². The van der Waals surface area contributed by atoms with Crippen LogP contribution in [0.15, 0.2) is 24.3 Å². The van der Waals surface area contributed by atoms with E-state index in [0.717, 1.165) is 25.1 Å². The van der Waals surface area contributed by atoms with Crippen molar-refractivity contribution in [3.8, 4) is 0 Å². The summed E-state index contributed by atoms with van der Waals surface area (Å²) in [4.78, 5) is 13.9. The fourth-order valence-electron chi connectivity index (χ4n) is 2.37. The molecule has 0 saturated carbocycles. The van der Waals surface area contributed by atoms with Crippen molar-refractivity contribution in [1.82, 2.24) is 0 Å². The van der Waals surface area contributed by atoms with E-state index in [1.54, 1.807) is 0 Å². The second-order valence-corrected chi connectivity index (χ2v) is 3.86. The van der Waals surface area contributed by atoms with E-state index in [2.05, 4.69) is 16.3 Å². The van der Waals surface area contributed by atoms with Gasteiger partial charge in [-0.25, -0.2) is 0 Å². The van der Waals surface area contributed by atoms with Gasteiger partial charge in [-0.15, -0.1) is 0 Å². The Hall–Kier alpha value is -1.51. The Labute approximate surface area is 82.7 Å². The molecule has 0 radical (unpaired) electrons. The minimum absolute atomic E-state index is 0.0740. The molecule has 0 unspecified atom stereocenters. The first-order valence-corrected chi connectivity index (χ1v) is 5.03. The number of para-hydroxylation sites is 2. The van der Waals surface area contributed by atoms with Crippen LogP contribution in [0.5, 0.6) is 0 Å². The van der Waals surface area contributed by atoms with Crippen LogP contribution < -0.4 is 10.2 Å². The quantitative estimate of drug-likeness (QED) is 0.670. The second-order valence-electron chi connectivity index (χ2n) is 3.86. The number of hydrogen-bond donors (Lipinski definition) is 1. The SMILES string of the molecule is O=C1Nc2ccccc2N2CCC[C@H]12. The molecular weight excluding hydrogens is 176 g/mol. The number of anilines is 2. The van der Waals surface area contributed by atoms with Gasteiger partial charge in [-0.1, -0.05) is 12.1 Å². The zero-order chi connectivity index (χ0) is 9.54. The smallest absolute Gasteiger partial charge is 0.247 e. The first kappa shape index (κ1) is 7.85. The fourth-order valence-corrected chi connectivity index (χ4v) is 2.37. The van der Waals surface area contributed by atoms with Crippen LogP contribution >= 0.6 is 0 Å². The summed E-state index contributed by atoms with van der Waals surface area (Å²) in [5, 5.41) is 2.95. The molecule has 0 bridgehead atoms. The van der Waals surface area contributed by atoms with Gasteiger partial charge in [0.15, 0.2) is 0 Å². The zero-order valence-electron chi connectivity index (χ0n) is 7.86. The zero-order valence-corrected chi connectivity index (χ0v) is 7.86. The van der Waals surface area contributed by atoms with Gasteiger partial charge in [0.05, 0.1) is 11.4 Å². The van der Waals surface area contributed by atoms with Gasteiger partial charge in [0.25, 0.3) is 0 Å². The lowest BCUT2D eigenvalue weighted by Gasteiger charge is -2.32. The average Bonchev–Trinajstić information content (AvgIpc) is 2.67. The molecule has 1 N–H and O–H groups in total. The summed E-state index contributed by atoms with van der Waals surface area (Å²) in [5.74, 6) is 0.154. The van der Waals surface area contributed by atoms with Crippen molar-refractivity contribution in [2.24, 2.45) is 0 Å². The molecule has 1 fully saturated rings. The number of nitrogens with zero attached hydrogens (tertiary/aromatic N) is 1. The van der Waals surface area contributed by atoms with Crippen molar-refractivity contribution < 1.29 is 4.79 Å². The fraction of sp³-hybridized carbons (Fsp3) is 0.364. The van der Waals surface area contributed by atoms with Crippen LogP contribution in [0.4, 0.5) is 11.4 Å². The predicted molar refractivity (Wildman–Crippen MR) is 55.4 cm³/mol. The van der Waals surface area contributed by atoms with Gasteiger partial charge < -0.3 is 10.2 Å². The van der Waals surface area contributed by atoms with E-state index in [1.165, 1.54) is 5.69 Å². The third kappa shape index (κ3) is 0.953. The lowest BCUT2D eigenvalue weighted by atomic mass is 10.1. The molecule has 3 heteroatoms. The molecule has 1 atom stereocenters. The Morgan fingerprint density at radius 1 is 1.36 bits per heavy atom. The van der Waals surface area contributed by atoms with Crippen molar-refractivity contribution in [2.75, 3.05) is 16.8 Å². The van der Waals surface area contributed by atoms with Gasteiger partial charge in [0, 0.05) is 6.54 Å². The van der Waals surface area contributed by atoms with E-state index in [-0.39, 0.29) is 11.9 Å². The van der Waals surface area contributed by atoms with Gasteiger partial charge in [0.1, 0.15) is 6.04 Å². The summed E-state index contributed by atoms with van der Waals surface area (Å²) in [7, 11) is 0. The number of fused-ring (bicyclic) bond motifs is 3. The van der Waals surface area contributed by atoms with Crippen LogP contribution in [0, 0.1) is 0 Å². The minimum Gasteiger partial charge on any atom is -0.358 e. The molecular formula is C11H12N2O. The largest absolute Gasteiger partial charge is 0.358 e. The Morgan fingerprint density at radius 2 is 2.21 bits per heavy atom. The third-order valence-electron chi connectivity index (χ3n) is 3.03. The number of carbonyl (C=O) groups is 1. The summed E-state index contributed by atoms with van der Waals surface area (Å²) in [5.41, 5.74) is 2.13. The molecule has 0 aliphatic carbocycles. The van der Waals surface area contributed by atoms with E-state index < -0.39 is 0 Å². The lowest BCUT2D eigenvalue weighted by Crippen LogP contribution is -2.43. The van der Waals surface area contributed by atoms with Gasteiger partial charge in [-0.05, 0) is 25.0 Å². The maximum Gasteiger partial charge on any atom is 0.247 e. The van der Waals surface area contributed by atoms with Crippen LogP contribution in [-0.2, 0) is 4.79 Å². The first-order valence-electron chi connectivity index (χ1n) is 5.03. The van der Waals surface area contributed by atoms with E-state index in [4.69, 9.17) is 0 Å². The molecule has 0 spiro atoms. The average molecular weight is 188 g/mol. The molecule has 1 aromatic carbocycles. The van der Waals surface area contributed by atoms with Gasteiger partial charge >= 0.3 is 0 Å². The maximum absolute atomic E-state index is 11.7. The summed E-state index contributed by atoms with van der Waals surface area (Å²) in [6.07, 6.45) is 2.10. The number of amides is 1. The number of nitrogens with one attached hydrogen (secondary N) is 1. The van der Waals surface area contributed by atoms with E-state index in [1.807, 2.05) is 18.2 Å². The Bertz CT molecular complexity index is 389. The second kappa shape index (κ2) is 2.74. The van der Waals surface area contributed by atoms with Crippen LogP contribution in [0.3, 0.4) is 0 Å². The van der Waals surface area contributed by atoms with Crippen LogP contribution in [-0.4, -0.2) is 18.5 Å². The van der Waals surface area contributed by atoms with Gasteiger partial charge in [-0.2, -0.15) is 0 Å². The number of rotatable bonds is 0. The highest BCUT2D eigenvalue weighted by atomic mass is 16.2. The van der Waals surface area contributed by atoms with E-state index in [0.29, 0.717) is 0 Å². The van der Waals surface area contributed by atoms with E-state index in [9.17, 15) is 4.79 Å². The molecule has 0 aromatic heterocycles. The molecule has 3 nitrogen and oxygen atoms in total. The highest BCUT2D eigenvalue weighted by Crippen LogP contribution is 2.35. The third-order valence-corrected chi connectivity index (χ3v) is 3.03. The normalized spacial score (nSPS) is 24.1. The summed E-state index contributed by atoms with van der Waals surface area (Å²) >= 11 is 0. The maximum atomic E-state index is 11.7. The molecule has 72 valence electrons. The van der Waals surface area contributed by atoms with Crippen molar-refractivity contribution in [1.29, 1.82) is 0 Å². The molecule has 2 aliphatic heterocycles. The Kier molecular flexibility index (Phi) is 1.54. The molecule has 14 heavy (non-hydrogen) atoms. The van der Waals surface area contributed by atoms with Gasteiger partial charge in [0.2, 0.25) is 5.91 Å². The standard InChI is InChI=1S/C11H12N2O/c14-11-10-6-3-7-13(10)9-5-2-1-4-8(9)12-11/h1-2,4-5,10H,3,6-7H2,(H,12,14)/t10-/m1/s1. The molecule has 2 aliphatic rings. The topological polar surface area (TPSA) is 32.3 Å². The Balaban J connectivity index is 2.11. The van der Waals surface area contributed by atoms with Crippen molar-refractivity contribution >= 4 is 17.3 Å².